The van der Waals surface area contributed by atoms with Crippen LogP contribution in [-0.4, -0.2) is 59.2 Å². The predicted octanol–water partition coefficient (Wildman–Crippen LogP) is 1.64. The molecule has 0 saturated heterocycles. The molecule has 1 rings (SSSR count). The molecule has 0 aliphatic rings. The minimum Gasteiger partial charge on any atom is -0.355 e. The molecule has 1 aromatic rings. The number of benzene rings is 1. The summed E-state index contributed by atoms with van der Waals surface area (Å²) in [6.07, 6.45) is 1.29. The first-order valence-electron chi connectivity index (χ1n) is 8.10. The van der Waals surface area contributed by atoms with Gasteiger partial charge in [-0.25, -0.2) is 8.42 Å². The Kier molecular flexibility index (Phi) is 7.69. The highest BCUT2D eigenvalue weighted by atomic mass is 32.2. The quantitative estimate of drug-likeness (QED) is 0.731. The van der Waals surface area contributed by atoms with Crippen LogP contribution < -0.4 is 9.62 Å². The first kappa shape index (κ1) is 20.4. The van der Waals surface area contributed by atoms with Crippen molar-refractivity contribution in [1.82, 2.24) is 10.2 Å². The number of sulfonamides is 1. The average Bonchev–Trinajstić information content (AvgIpc) is 2.46. The zero-order valence-corrected chi connectivity index (χ0v) is 16.1. The van der Waals surface area contributed by atoms with Crippen LogP contribution in [0.15, 0.2) is 24.3 Å². The predicted molar refractivity (Wildman–Crippen MR) is 98.9 cm³/mol. The highest BCUT2D eigenvalue weighted by Gasteiger charge is 2.18. The molecule has 0 aliphatic heterocycles. The van der Waals surface area contributed by atoms with E-state index in [1.54, 1.807) is 12.1 Å². The van der Waals surface area contributed by atoms with Crippen molar-refractivity contribution >= 4 is 21.6 Å². The van der Waals surface area contributed by atoms with Crippen LogP contribution in [0.1, 0.15) is 31.7 Å². The lowest BCUT2D eigenvalue weighted by molar-refractivity contribution is -0.120. The molecule has 0 unspecified atom stereocenters. The van der Waals surface area contributed by atoms with Gasteiger partial charge in [-0.15, -0.1) is 0 Å². The van der Waals surface area contributed by atoms with Gasteiger partial charge in [0.15, 0.2) is 0 Å². The number of hydrogen-bond donors (Lipinski definition) is 1. The second-order valence-corrected chi connectivity index (χ2v) is 8.39. The number of anilines is 1. The second kappa shape index (κ2) is 9.03. The monoisotopic (exact) mass is 355 g/mol. The van der Waals surface area contributed by atoms with Crippen LogP contribution in [0.5, 0.6) is 0 Å². The summed E-state index contributed by atoms with van der Waals surface area (Å²) >= 11 is 0. The van der Waals surface area contributed by atoms with E-state index in [0.717, 1.165) is 18.4 Å². The first-order valence-corrected chi connectivity index (χ1v) is 9.95. The number of likely N-dealkylation sites (N-methyl/N-ethyl adjacent to an activating group) is 1. The molecule has 1 N–H and O–H groups in total. The van der Waals surface area contributed by atoms with Gasteiger partial charge in [0.2, 0.25) is 15.9 Å². The highest BCUT2D eigenvalue weighted by molar-refractivity contribution is 7.92. The molecular formula is C17H29N3O3S. The van der Waals surface area contributed by atoms with Gasteiger partial charge in [0.25, 0.3) is 0 Å². The van der Waals surface area contributed by atoms with E-state index in [9.17, 15) is 13.2 Å². The van der Waals surface area contributed by atoms with Crippen LogP contribution in [0.2, 0.25) is 0 Å². The summed E-state index contributed by atoms with van der Waals surface area (Å²) in [7, 11) is 0.422. The van der Waals surface area contributed by atoms with E-state index >= 15 is 0 Å². The molecule has 24 heavy (non-hydrogen) atoms. The van der Waals surface area contributed by atoms with Gasteiger partial charge in [-0.2, -0.15) is 0 Å². The zero-order chi connectivity index (χ0) is 18.3. The van der Waals surface area contributed by atoms with E-state index < -0.39 is 10.0 Å². The van der Waals surface area contributed by atoms with Gasteiger partial charge in [-0.1, -0.05) is 26.0 Å². The fraction of sp³-hybridized carbons (Fsp3) is 0.588. The van der Waals surface area contributed by atoms with Gasteiger partial charge < -0.3 is 10.2 Å². The van der Waals surface area contributed by atoms with Crippen molar-refractivity contribution in [3.8, 4) is 0 Å². The molecule has 0 fully saturated rings. The summed E-state index contributed by atoms with van der Waals surface area (Å²) in [6.45, 7) is 5.60. The maximum atomic E-state index is 12.1. The second-order valence-electron chi connectivity index (χ2n) is 6.48. The van der Waals surface area contributed by atoms with Gasteiger partial charge in [-0.05, 0) is 37.7 Å². The van der Waals surface area contributed by atoms with Gasteiger partial charge in [0.1, 0.15) is 0 Å². The van der Waals surface area contributed by atoms with Crippen LogP contribution >= 0.6 is 0 Å². The van der Waals surface area contributed by atoms with E-state index in [1.807, 2.05) is 31.1 Å². The molecule has 0 heterocycles. The number of carbonyl (C=O) groups is 1. The van der Waals surface area contributed by atoms with Crippen molar-refractivity contribution in [3.05, 3.63) is 29.8 Å². The molecule has 6 nitrogen and oxygen atoms in total. The lowest BCUT2D eigenvalue weighted by atomic mass is 10.0. The van der Waals surface area contributed by atoms with Gasteiger partial charge in [0, 0.05) is 26.1 Å². The molecule has 0 aromatic heterocycles. The average molecular weight is 356 g/mol. The maximum absolute atomic E-state index is 12.1. The number of nitrogens with zero attached hydrogens (tertiary/aromatic N) is 2. The van der Waals surface area contributed by atoms with Crippen LogP contribution in [0.4, 0.5) is 5.69 Å². The number of carbonyl (C=O) groups excluding carboxylic acids is 1. The minimum atomic E-state index is -3.44. The Morgan fingerprint density at radius 1 is 1.12 bits per heavy atom. The lowest BCUT2D eigenvalue weighted by Crippen LogP contribution is -2.36. The van der Waals surface area contributed by atoms with Crippen molar-refractivity contribution in [1.29, 1.82) is 0 Å². The van der Waals surface area contributed by atoms with Crippen LogP contribution in [0.25, 0.3) is 0 Å². The summed E-state index contributed by atoms with van der Waals surface area (Å²) in [5.74, 6) is 0.234. The number of hydrogen-bond acceptors (Lipinski definition) is 4. The van der Waals surface area contributed by atoms with Crippen LogP contribution in [-0.2, 0) is 14.8 Å². The molecule has 7 heteroatoms. The Bertz CT molecular complexity index is 625. The van der Waals surface area contributed by atoms with Gasteiger partial charge in [-0.3, -0.25) is 9.10 Å². The smallest absolute Gasteiger partial charge is 0.232 e. The molecule has 0 aliphatic carbocycles. The largest absolute Gasteiger partial charge is 0.355 e. The fourth-order valence-electron chi connectivity index (χ4n) is 2.22. The Morgan fingerprint density at radius 2 is 1.71 bits per heavy atom. The topological polar surface area (TPSA) is 69.7 Å². The molecule has 0 radical (unpaired) electrons. The molecule has 136 valence electrons. The summed E-state index contributed by atoms with van der Waals surface area (Å²) in [4.78, 5) is 13.9. The van der Waals surface area contributed by atoms with E-state index in [0.29, 0.717) is 18.2 Å². The van der Waals surface area contributed by atoms with Crippen LogP contribution in [0.3, 0.4) is 0 Å². The van der Waals surface area contributed by atoms with Crippen molar-refractivity contribution in [2.45, 2.75) is 26.2 Å². The molecule has 1 aromatic carbocycles. The first-order chi connectivity index (χ1) is 11.1. The zero-order valence-electron chi connectivity index (χ0n) is 15.2. The van der Waals surface area contributed by atoms with Crippen molar-refractivity contribution < 1.29 is 13.2 Å². The van der Waals surface area contributed by atoms with E-state index in [1.165, 1.54) is 4.31 Å². The van der Waals surface area contributed by atoms with Crippen molar-refractivity contribution in [3.63, 3.8) is 0 Å². The van der Waals surface area contributed by atoms with Crippen LogP contribution in [0, 0.1) is 0 Å². The minimum absolute atomic E-state index is 0.131. The molecule has 1 amide bonds. The Labute approximate surface area is 145 Å². The number of nitrogens with one attached hydrogen (secondary N) is 1. The summed E-state index contributed by atoms with van der Waals surface area (Å²) in [6, 6.07) is 7.44. The van der Waals surface area contributed by atoms with Gasteiger partial charge in [0.05, 0.1) is 11.9 Å². The lowest BCUT2D eigenvalue weighted by Gasteiger charge is -2.23. The molecular weight excluding hydrogens is 326 g/mol. The third-order valence-corrected chi connectivity index (χ3v) is 4.87. The Balaban J connectivity index is 2.72. The maximum Gasteiger partial charge on any atom is 0.232 e. The SMILES string of the molecule is CC(C)c1ccc(N(CCC(=O)NCCN(C)C)S(C)(=O)=O)cc1. The van der Waals surface area contributed by atoms with E-state index in [4.69, 9.17) is 0 Å². The summed E-state index contributed by atoms with van der Waals surface area (Å²) < 4.78 is 25.4. The standard InChI is InChI=1S/C17H29N3O3S/c1-14(2)15-6-8-16(9-7-15)20(24(5,22)23)12-10-17(21)18-11-13-19(3)4/h6-9,14H,10-13H2,1-5H3,(H,18,21). The number of rotatable bonds is 9. The summed E-state index contributed by atoms with van der Waals surface area (Å²) in [5.41, 5.74) is 1.73. The number of amides is 1. The third-order valence-electron chi connectivity index (χ3n) is 3.67. The normalized spacial score (nSPS) is 11.8. The van der Waals surface area contributed by atoms with Gasteiger partial charge >= 0.3 is 0 Å². The molecule has 0 saturated carbocycles. The molecule has 0 spiro atoms. The summed E-state index contributed by atoms with van der Waals surface area (Å²) in [5, 5.41) is 2.79. The van der Waals surface area contributed by atoms with E-state index in [2.05, 4.69) is 19.2 Å². The van der Waals surface area contributed by atoms with Crippen molar-refractivity contribution in [2.75, 3.05) is 44.3 Å². The third kappa shape index (κ3) is 6.88. The highest BCUT2D eigenvalue weighted by Crippen LogP contribution is 2.22. The Morgan fingerprint density at radius 3 is 2.17 bits per heavy atom. The fourth-order valence-corrected chi connectivity index (χ4v) is 3.15. The molecule has 0 bridgehead atoms. The Hall–Kier alpha value is -1.60. The van der Waals surface area contributed by atoms with E-state index in [-0.39, 0.29) is 18.9 Å². The van der Waals surface area contributed by atoms with Crippen molar-refractivity contribution in [2.24, 2.45) is 0 Å². The molecule has 0 atom stereocenters.